The minimum Gasteiger partial charge on any atom is -0.330 e. The van der Waals surface area contributed by atoms with Gasteiger partial charge in [0.2, 0.25) is 0 Å². The molecule has 2 N–H and O–H groups in total. The molecule has 0 saturated heterocycles. The molecule has 1 saturated carbocycles. The van der Waals surface area contributed by atoms with Gasteiger partial charge in [-0.2, -0.15) is 0 Å². The molecule has 0 bridgehead atoms. The molecule has 1 aliphatic rings. The Morgan fingerprint density at radius 1 is 1.30 bits per heavy atom. The highest BCUT2D eigenvalue weighted by Gasteiger charge is 2.35. The van der Waals surface area contributed by atoms with Crippen molar-refractivity contribution >= 4 is 10.9 Å². The fourth-order valence-electron chi connectivity index (χ4n) is 3.60. The van der Waals surface area contributed by atoms with E-state index >= 15 is 0 Å². The SMILES string of the molecule is CC1(C)CCC(CN)C(c2cnc3ccccc3c2)C1. The van der Waals surface area contributed by atoms with Crippen LogP contribution in [0.5, 0.6) is 0 Å². The average Bonchev–Trinajstić information content (AvgIpc) is 2.46. The lowest BCUT2D eigenvalue weighted by Crippen LogP contribution is -2.32. The lowest BCUT2D eigenvalue weighted by molar-refractivity contribution is 0.165. The average molecular weight is 268 g/mol. The first-order chi connectivity index (χ1) is 9.59. The number of nitrogens with zero attached hydrogens (tertiary/aromatic N) is 1. The Hall–Kier alpha value is -1.41. The second kappa shape index (κ2) is 5.17. The van der Waals surface area contributed by atoms with Gasteiger partial charge in [0.15, 0.2) is 0 Å². The topological polar surface area (TPSA) is 38.9 Å². The molecule has 0 radical (unpaired) electrons. The Bertz CT molecular complexity index is 603. The number of fused-ring (bicyclic) bond motifs is 1. The molecule has 2 unspecified atom stereocenters. The van der Waals surface area contributed by atoms with E-state index in [4.69, 9.17) is 5.73 Å². The van der Waals surface area contributed by atoms with Gasteiger partial charge in [0, 0.05) is 11.6 Å². The van der Waals surface area contributed by atoms with Crippen LogP contribution >= 0.6 is 0 Å². The Balaban J connectivity index is 1.98. The summed E-state index contributed by atoms with van der Waals surface area (Å²) in [4.78, 5) is 4.63. The van der Waals surface area contributed by atoms with Gasteiger partial charge in [0.05, 0.1) is 5.52 Å². The Kier molecular flexibility index (Phi) is 3.51. The molecule has 3 rings (SSSR count). The lowest BCUT2D eigenvalue weighted by atomic mass is 9.65. The molecular formula is C18H24N2. The molecule has 1 aliphatic carbocycles. The Labute approximate surface area is 121 Å². The van der Waals surface area contributed by atoms with Crippen LogP contribution in [0.3, 0.4) is 0 Å². The van der Waals surface area contributed by atoms with Crippen LogP contribution in [0.2, 0.25) is 0 Å². The van der Waals surface area contributed by atoms with E-state index in [-0.39, 0.29) is 0 Å². The summed E-state index contributed by atoms with van der Waals surface area (Å²) in [6, 6.07) is 10.7. The smallest absolute Gasteiger partial charge is 0.0702 e. The molecule has 2 atom stereocenters. The first kappa shape index (κ1) is 13.6. The number of hydrogen-bond donors (Lipinski definition) is 1. The minimum absolute atomic E-state index is 0.419. The monoisotopic (exact) mass is 268 g/mol. The van der Waals surface area contributed by atoms with Gasteiger partial charge in [-0.25, -0.2) is 0 Å². The van der Waals surface area contributed by atoms with Crippen LogP contribution in [0.15, 0.2) is 36.5 Å². The number of pyridine rings is 1. The predicted octanol–water partition coefficient (Wildman–Crippen LogP) is 4.10. The van der Waals surface area contributed by atoms with Crippen LogP contribution in [-0.4, -0.2) is 11.5 Å². The summed E-state index contributed by atoms with van der Waals surface area (Å²) < 4.78 is 0. The second-order valence-corrected chi connectivity index (χ2v) is 6.97. The first-order valence-corrected chi connectivity index (χ1v) is 7.64. The van der Waals surface area contributed by atoms with E-state index in [0.717, 1.165) is 12.1 Å². The van der Waals surface area contributed by atoms with Gasteiger partial charge in [0.1, 0.15) is 0 Å². The third-order valence-electron chi connectivity index (χ3n) is 4.88. The molecule has 20 heavy (non-hydrogen) atoms. The van der Waals surface area contributed by atoms with Crippen LogP contribution in [0.25, 0.3) is 10.9 Å². The van der Waals surface area contributed by atoms with E-state index < -0.39 is 0 Å². The molecule has 1 aromatic heterocycles. The number of benzene rings is 1. The Morgan fingerprint density at radius 3 is 2.90 bits per heavy atom. The maximum atomic E-state index is 6.01. The summed E-state index contributed by atoms with van der Waals surface area (Å²) in [5.74, 6) is 1.16. The lowest BCUT2D eigenvalue weighted by Gasteiger charge is -2.40. The van der Waals surface area contributed by atoms with Crippen LogP contribution in [0.1, 0.15) is 44.6 Å². The molecule has 106 valence electrons. The van der Waals surface area contributed by atoms with Gasteiger partial charge in [-0.15, -0.1) is 0 Å². The summed E-state index contributed by atoms with van der Waals surface area (Å²) in [5, 5.41) is 1.24. The number of para-hydroxylation sites is 1. The van der Waals surface area contributed by atoms with Crippen molar-refractivity contribution in [1.29, 1.82) is 0 Å². The summed E-state index contributed by atoms with van der Waals surface area (Å²) >= 11 is 0. The van der Waals surface area contributed by atoms with E-state index in [0.29, 0.717) is 17.3 Å². The zero-order chi connectivity index (χ0) is 14.2. The summed E-state index contributed by atoms with van der Waals surface area (Å²) in [6.07, 6.45) is 5.80. The van der Waals surface area contributed by atoms with E-state index in [9.17, 15) is 0 Å². The Morgan fingerprint density at radius 2 is 2.10 bits per heavy atom. The van der Waals surface area contributed by atoms with Crippen molar-refractivity contribution in [2.75, 3.05) is 6.54 Å². The highest BCUT2D eigenvalue weighted by molar-refractivity contribution is 5.78. The van der Waals surface area contributed by atoms with Crippen LogP contribution in [-0.2, 0) is 0 Å². The zero-order valence-corrected chi connectivity index (χ0v) is 12.5. The van der Waals surface area contributed by atoms with E-state index in [2.05, 4.69) is 49.3 Å². The standard InChI is InChI=1S/C18H24N2/c1-18(2)8-7-14(11-19)16(10-18)15-9-13-5-3-4-6-17(13)20-12-15/h3-6,9,12,14,16H,7-8,10-11,19H2,1-2H3. The van der Waals surface area contributed by atoms with E-state index in [1.807, 2.05) is 6.07 Å². The summed E-state index contributed by atoms with van der Waals surface area (Å²) in [7, 11) is 0. The number of rotatable bonds is 2. The van der Waals surface area contributed by atoms with E-state index in [1.165, 1.54) is 30.2 Å². The molecule has 1 aromatic carbocycles. The second-order valence-electron chi connectivity index (χ2n) is 6.97. The van der Waals surface area contributed by atoms with E-state index in [1.54, 1.807) is 0 Å². The first-order valence-electron chi connectivity index (χ1n) is 7.64. The maximum Gasteiger partial charge on any atom is 0.0702 e. The van der Waals surface area contributed by atoms with Crippen molar-refractivity contribution < 1.29 is 0 Å². The number of aromatic nitrogens is 1. The third kappa shape index (κ3) is 2.57. The number of nitrogens with two attached hydrogens (primary N) is 1. The maximum absolute atomic E-state index is 6.01. The normalized spacial score (nSPS) is 25.8. The largest absolute Gasteiger partial charge is 0.330 e. The molecule has 1 fully saturated rings. The van der Waals surface area contributed by atoms with Crippen molar-refractivity contribution in [2.45, 2.75) is 39.0 Å². The molecular weight excluding hydrogens is 244 g/mol. The highest BCUT2D eigenvalue weighted by Crippen LogP contribution is 2.46. The van der Waals surface area contributed by atoms with Crippen molar-refractivity contribution in [2.24, 2.45) is 17.1 Å². The third-order valence-corrected chi connectivity index (χ3v) is 4.88. The molecule has 2 heteroatoms. The fraction of sp³-hybridized carbons (Fsp3) is 0.500. The summed E-state index contributed by atoms with van der Waals surface area (Å²) in [6.45, 7) is 5.54. The van der Waals surface area contributed by atoms with Crippen LogP contribution in [0.4, 0.5) is 0 Å². The van der Waals surface area contributed by atoms with Crippen LogP contribution < -0.4 is 5.73 Å². The van der Waals surface area contributed by atoms with Gasteiger partial charge in [-0.1, -0.05) is 32.0 Å². The van der Waals surface area contributed by atoms with Gasteiger partial charge in [0.25, 0.3) is 0 Å². The van der Waals surface area contributed by atoms with Crippen molar-refractivity contribution in [1.82, 2.24) is 4.98 Å². The van der Waals surface area contributed by atoms with Gasteiger partial charge in [-0.3, -0.25) is 4.98 Å². The van der Waals surface area contributed by atoms with Gasteiger partial charge in [-0.05, 0) is 60.8 Å². The molecule has 0 spiro atoms. The molecule has 2 aromatic rings. The minimum atomic E-state index is 0.419. The molecule has 2 nitrogen and oxygen atoms in total. The molecule has 0 amide bonds. The fourth-order valence-corrected chi connectivity index (χ4v) is 3.60. The quantitative estimate of drug-likeness (QED) is 0.890. The summed E-state index contributed by atoms with van der Waals surface area (Å²) in [5.41, 5.74) is 8.88. The van der Waals surface area contributed by atoms with Crippen molar-refractivity contribution in [3.63, 3.8) is 0 Å². The molecule has 1 heterocycles. The number of hydrogen-bond acceptors (Lipinski definition) is 2. The van der Waals surface area contributed by atoms with Crippen molar-refractivity contribution in [3.05, 3.63) is 42.1 Å². The van der Waals surface area contributed by atoms with Gasteiger partial charge < -0.3 is 5.73 Å². The van der Waals surface area contributed by atoms with Crippen LogP contribution in [0, 0.1) is 11.3 Å². The highest BCUT2D eigenvalue weighted by atomic mass is 14.7. The van der Waals surface area contributed by atoms with Crippen molar-refractivity contribution in [3.8, 4) is 0 Å². The zero-order valence-electron chi connectivity index (χ0n) is 12.5. The molecule has 0 aliphatic heterocycles. The predicted molar refractivity (Wildman–Crippen MR) is 84.7 cm³/mol. The van der Waals surface area contributed by atoms with Gasteiger partial charge >= 0.3 is 0 Å².